The van der Waals surface area contributed by atoms with E-state index in [-0.39, 0.29) is 17.8 Å². The normalized spacial score (nSPS) is 15.1. The van der Waals surface area contributed by atoms with Crippen molar-refractivity contribution in [3.8, 4) is 0 Å². The van der Waals surface area contributed by atoms with Crippen LogP contribution in [0.5, 0.6) is 0 Å². The van der Waals surface area contributed by atoms with Crippen LogP contribution in [-0.4, -0.2) is 29.9 Å². The van der Waals surface area contributed by atoms with Crippen LogP contribution >= 0.6 is 0 Å². The molecule has 0 bridgehead atoms. The lowest BCUT2D eigenvalue weighted by Gasteiger charge is -2.44. The number of likely N-dealkylation sites (tertiary alicyclic amines) is 1. The van der Waals surface area contributed by atoms with Crippen LogP contribution in [0.1, 0.15) is 105 Å². The summed E-state index contributed by atoms with van der Waals surface area (Å²) in [6, 6.07) is 32.6. The lowest BCUT2D eigenvalue weighted by Crippen LogP contribution is -2.46. The van der Waals surface area contributed by atoms with Crippen LogP contribution < -0.4 is 4.90 Å². The number of anilines is 1. The molecule has 252 valence electrons. The van der Waals surface area contributed by atoms with Crippen molar-refractivity contribution >= 4 is 23.2 Å². The van der Waals surface area contributed by atoms with Gasteiger partial charge < -0.3 is 9.80 Å². The number of hydrogen-bond acceptors (Lipinski definition) is 2. The maximum Gasteiger partial charge on any atom is 0.253 e. The Morgan fingerprint density at radius 2 is 1.58 bits per heavy atom. The molecule has 0 radical (unpaired) electrons. The van der Waals surface area contributed by atoms with Gasteiger partial charge >= 0.3 is 0 Å². The van der Waals surface area contributed by atoms with Crippen molar-refractivity contribution in [1.29, 1.82) is 0 Å². The lowest BCUT2D eigenvalue weighted by atomic mass is 9.87. The van der Waals surface area contributed by atoms with E-state index >= 15 is 0 Å². The van der Waals surface area contributed by atoms with Crippen LogP contribution in [0.25, 0.3) is 11.6 Å². The van der Waals surface area contributed by atoms with E-state index in [4.69, 9.17) is 0 Å². The molecule has 1 amide bonds. The van der Waals surface area contributed by atoms with E-state index in [9.17, 15) is 9.18 Å². The summed E-state index contributed by atoms with van der Waals surface area (Å²) >= 11 is 0. The van der Waals surface area contributed by atoms with Crippen molar-refractivity contribution in [2.45, 2.75) is 79.8 Å². The molecule has 1 aliphatic heterocycles. The minimum Gasteiger partial charge on any atom is -0.362 e. The average Bonchev–Trinajstić information content (AvgIpc) is 3.12. The zero-order chi connectivity index (χ0) is 34.6. The summed E-state index contributed by atoms with van der Waals surface area (Å²) in [7, 11) is 0. The summed E-state index contributed by atoms with van der Waals surface area (Å²) in [5.41, 5.74) is 8.33. The number of benzene rings is 4. The molecule has 4 aromatic rings. The summed E-state index contributed by atoms with van der Waals surface area (Å²) in [4.78, 5) is 18.5. The number of piperidine rings is 1. The van der Waals surface area contributed by atoms with E-state index in [0.29, 0.717) is 17.5 Å². The molecule has 1 fully saturated rings. The van der Waals surface area contributed by atoms with Gasteiger partial charge in [0.2, 0.25) is 0 Å². The van der Waals surface area contributed by atoms with Gasteiger partial charge in [-0.25, -0.2) is 4.39 Å². The Morgan fingerprint density at radius 3 is 2.23 bits per heavy atom. The van der Waals surface area contributed by atoms with E-state index in [1.54, 1.807) is 12.1 Å². The van der Waals surface area contributed by atoms with Crippen LogP contribution in [0.3, 0.4) is 0 Å². The molecule has 0 aromatic heterocycles. The highest BCUT2D eigenvalue weighted by Crippen LogP contribution is 2.37. The second kappa shape index (κ2) is 17.6. The molecule has 0 spiro atoms. The van der Waals surface area contributed by atoms with Gasteiger partial charge in [0.25, 0.3) is 5.91 Å². The Hall–Kier alpha value is -4.44. The van der Waals surface area contributed by atoms with Crippen LogP contribution in [0.2, 0.25) is 0 Å². The molecular weight excluding hydrogens is 591 g/mol. The van der Waals surface area contributed by atoms with Gasteiger partial charge in [-0.2, -0.15) is 0 Å². The third-order valence-electron chi connectivity index (χ3n) is 9.52. The first-order valence-corrected chi connectivity index (χ1v) is 17.7. The Kier molecular flexibility index (Phi) is 13.4. The van der Waals surface area contributed by atoms with E-state index in [2.05, 4.69) is 93.3 Å². The quantitative estimate of drug-likeness (QED) is 0.171. The summed E-state index contributed by atoms with van der Waals surface area (Å²) in [5.74, 6) is 0.278. The van der Waals surface area contributed by atoms with Crippen LogP contribution in [0.15, 0.2) is 109 Å². The first-order chi connectivity index (χ1) is 23.3. The van der Waals surface area contributed by atoms with Gasteiger partial charge in [0, 0.05) is 30.4 Å². The molecule has 0 aliphatic carbocycles. The van der Waals surface area contributed by atoms with Gasteiger partial charge in [-0.3, -0.25) is 4.79 Å². The molecule has 4 heteroatoms. The summed E-state index contributed by atoms with van der Waals surface area (Å²) in [6.07, 6.45) is 8.89. The third-order valence-corrected chi connectivity index (χ3v) is 9.52. The maximum absolute atomic E-state index is 14.2. The Labute approximate surface area is 288 Å². The molecule has 4 aromatic carbocycles. The Balaban J connectivity index is 0.00000255. The molecule has 5 rings (SSSR count). The molecular formula is C44H53FN2O. The van der Waals surface area contributed by atoms with Crippen molar-refractivity contribution in [3.63, 3.8) is 0 Å². The Bertz CT molecular complexity index is 1680. The minimum atomic E-state index is -0.256. The minimum absolute atomic E-state index is 0.0728. The zero-order valence-electron chi connectivity index (χ0n) is 29.9. The smallest absolute Gasteiger partial charge is 0.253 e. The van der Waals surface area contributed by atoms with E-state index < -0.39 is 0 Å². The molecule has 3 nitrogen and oxygen atoms in total. The lowest BCUT2D eigenvalue weighted by molar-refractivity contribution is 0.0678. The highest BCUT2D eigenvalue weighted by Gasteiger charge is 2.33. The number of para-hydroxylation sites is 1. The zero-order valence-corrected chi connectivity index (χ0v) is 29.9. The third kappa shape index (κ3) is 8.52. The standard InChI is InChI=1S/C42H47FN2O.C2H6/c1-6-14-35-28-37(22-23-40(35)39(15-7-2)36-19-13-20-38(43)29-36)42(46)44-26-24-34(25-27-44)32(5)45(41-21-12-11-16-30(41)3)31(4)33-17-9-8-10-18-33;1-2/h6,8-23,28-29,31-32,34H,7,24-27H2,1-5H3;1-2H3/b14-6+,39-15-;. The molecule has 48 heavy (non-hydrogen) atoms. The highest BCUT2D eigenvalue weighted by atomic mass is 19.1. The second-order valence-electron chi connectivity index (χ2n) is 12.5. The van der Waals surface area contributed by atoms with Crippen molar-refractivity contribution in [2.24, 2.45) is 5.92 Å². The van der Waals surface area contributed by atoms with Crippen LogP contribution in [-0.2, 0) is 0 Å². The number of hydrogen-bond donors (Lipinski definition) is 0. The van der Waals surface area contributed by atoms with E-state index in [1.807, 2.05) is 62.1 Å². The van der Waals surface area contributed by atoms with Crippen molar-refractivity contribution < 1.29 is 9.18 Å². The van der Waals surface area contributed by atoms with Gasteiger partial charge in [-0.05, 0) is 117 Å². The fourth-order valence-corrected chi connectivity index (χ4v) is 7.02. The maximum atomic E-state index is 14.2. The van der Waals surface area contributed by atoms with Gasteiger partial charge in [0.05, 0.1) is 6.04 Å². The predicted octanol–water partition coefficient (Wildman–Crippen LogP) is 11.5. The number of rotatable bonds is 10. The largest absolute Gasteiger partial charge is 0.362 e. The fraction of sp³-hybridized carbons (Fsp3) is 0.341. The first kappa shape index (κ1) is 36.4. The number of halogens is 1. The van der Waals surface area contributed by atoms with Crippen LogP contribution in [0, 0.1) is 18.7 Å². The van der Waals surface area contributed by atoms with Gasteiger partial charge in [-0.1, -0.05) is 106 Å². The second-order valence-corrected chi connectivity index (χ2v) is 12.5. The fourth-order valence-electron chi connectivity index (χ4n) is 7.02. The molecule has 0 N–H and O–H groups in total. The number of aryl methyl sites for hydroxylation is 1. The Morgan fingerprint density at radius 1 is 0.896 bits per heavy atom. The molecule has 1 saturated heterocycles. The highest BCUT2D eigenvalue weighted by molar-refractivity contribution is 5.96. The number of allylic oxidation sites excluding steroid dienone is 2. The monoisotopic (exact) mass is 644 g/mol. The number of carbonyl (C=O) groups is 1. The number of nitrogens with zero attached hydrogens (tertiary/aromatic N) is 2. The van der Waals surface area contributed by atoms with Crippen molar-refractivity contribution in [1.82, 2.24) is 4.90 Å². The molecule has 2 atom stereocenters. The van der Waals surface area contributed by atoms with Gasteiger partial charge in [-0.15, -0.1) is 0 Å². The number of amides is 1. The summed E-state index contributed by atoms with van der Waals surface area (Å²) in [6.45, 7) is 16.4. The summed E-state index contributed by atoms with van der Waals surface area (Å²) in [5, 5.41) is 0. The van der Waals surface area contributed by atoms with Crippen molar-refractivity contribution in [2.75, 3.05) is 18.0 Å². The van der Waals surface area contributed by atoms with E-state index in [0.717, 1.165) is 54.6 Å². The number of carbonyl (C=O) groups excluding carboxylic acids is 1. The first-order valence-electron chi connectivity index (χ1n) is 17.7. The SMILES string of the molecule is C/C=C/c1cc(C(=O)N2CCC(C(C)N(c3ccccc3C)C(C)c3ccccc3)CC2)ccc1/C(=C\CC)c1cccc(F)c1.CC. The van der Waals surface area contributed by atoms with E-state index in [1.165, 1.54) is 22.9 Å². The molecule has 1 heterocycles. The van der Waals surface area contributed by atoms with Crippen LogP contribution in [0.4, 0.5) is 10.1 Å². The van der Waals surface area contributed by atoms with Crippen molar-refractivity contribution in [3.05, 3.63) is 148 Å². The van der Waals surface area contributed by atoms with Gasteiger partial charge in [0.15, 0.2) is 0 Å². The molecule has 2 unspecified atom stereocenters. The van der Waals surface area contributed by atoms with Gasteiger partial charge in [0.1, 0.15) is 5.82 Å². The molecule has 1 aliphatic rings. The topological polar surface area (TPSA) is 23.6 Å². The predicted molar refractivity (Wildman–Crippen MR) is 203 cm³/mol. The molecule has 0 saturated carbocycles. The summed E-state index contributed by atoms with van der Waals surface area (Å²) < 4.78 is 14.2. The average molecular weight is 645 g/mol.